The minimum absolute atomic E-state index is 0.144. The van der Waals surface area contributed by atoms with E-state index in [4.69, 9.17) is 0 Å². The molecular weight excluding hydrogens is 246 g/mol. The summed E-state index contributed by atoms with van der Waals surface area (Å²) in [5.74, 6) is -0.793. The molecule has 0 bridgehead atoms. The molecule has 0 aliphatic carbocycles. The average molecular weight is 261 g/mol. The zero-order chi connectivity index (χ0) is 12.9. The van der Waals surface area contributed by atoms with Gasteiger partial charge < -0.3 is 4.74 Å². The molecule has 0 radical (unpaired) electrons. The quantitative estimate of drug-likeness (QED) is 0.712. The Hall–Kier alpha value is -1.41. The number of nitrogens with zero attached hydrogens (tertiary/aromatic N) is 2. The van der Waals surface area contributed by atoms with Crippen molar-refractivity contribution in [3.63, 3.8) is 0 Å². The number of aromatic nitrogens is 2. The SMILES string of the molecule is COC(=O)CCS(=O)(=O)N(C)Cc1cn[nH]c1. The van der Waals surface area contributed by atoms with Crippen LogP contribution in [0.1, 0.15) is 12.0 Å². The van der Waals surface area contributed by atoms with Crippen LogP contribution in [-0.2, 0) is 26.1 Å². The third kappa shape index (κ3) is 4.16. The number of carbonyl (C=O) groups excluding carboxylic acids is 1. The third-order valence-electron chi connectivity index (χ3n) is 2.23. The summed E-state index contributed by atoms with van der Waals surface area (Å²) in [6.07, 6.45) is 3.02. The summed E-state index contributed by atoms with van der Waals surface area (Å²) >= 11 is 0. The second kappa shape index (κ2) is 5.78. The van der Waals surface area contributed by atoms with E-state index >= 15 is 0 Å². The number of carbonyl (C=O) groups is 1. The first-order valence-electron chi connectivity index (χ1n) is 4.94. The van der Waals surface area contributed by atoms with Crippen LogP contribution in [0.15, 0.2) is 12.4 Å². The van der Waals surface area contributed by atoms with Crippen LogP contribution in [0.4, 0.5) is 0 Å². The van der Waals surface area contributed by atoms with Crippen LogP contribution < -0.4 is 0 Å². The average Bonchev–Trinajstić information content (AvgIpc) is 2.78. The molecule has 8 heteroatoms. The van der Waals surface area contributed by atoms with E-state index in [0.717, 1.165) is 5.56 Å². The molecule has 0 saturated carbocycles. The molecule has 1 aromatic rings. The Morgan fingerprint density at radius 2 is 2.29 bits per heavy atom. The van der Waals surface area contributed by atoms with Gasteiger partial charge in [-0.15, -0.1) is 0 Å². The molecule has 0 saturated heterocycles. The lowest BCUT2D eigenvalue weighted by atomic mass is 10.4. The number of hydrogen-bond acceptors (Lipinski definition) is 5. The van der Waals surface area contributed by atoms with Gasteiger partial charge in [-0.3, -0.25) is 9.89 Å². The number of ether oxygens (including phenoxy) is 1. The first kappa shape index (κ1) is 13.7. The molecule has 0 atom stereocenters. The number of H-pyrrole nitrogens is 1. The third-order valence-corrected chi connectivity index (χ3v) is 4.03. The molecule has 96 valence electrons. The Labute approximate surface area is 99.8 Å². The molecule has 7 nitrogen and oxygen atoms in total. The summed E-state index contributed by atoms with van der Waals surface area (Å²) in [4.78, 5) is 10.9. The molecule has 1 rings (SSSR count). The minimum atomic E-state index is -3.45. The molecule has 0 aliphatic heterocycles. The number of nitrogens with one attached hydrogen (secondary N) is 1. The van der Waals surface area contributed by atoms with Crippen LogP contribution in [0.3, 0.4) is 0 Å². The van der Waals surface area contributed by atoms with Gasteiger partial charge in [0.2, 0.25) is 10.0 Å². The van der Waals surface area contributed by atoms with Crippen LogP contribution in [-0.4, -0.2) is 48.8 Å². The van der Waals surface area contributed by atoms with Gasteiger partial charge in [0.1, 0.15) is 0 Å². The Morgan fingerprint density at radius 3 is 2.82 bits per heavy atom. The zero-order valence-corrected chi connectivity index (χ0v) is 10.5. The van der Waals surface area contributed by atoms with Crippen molar-refractivity contribution in [2.75, 3.05) is 19.9 Å². The maximum Gasteiger partial charge on any atom is 0.306 e. The number of sulfonamides is 1. The second-order valence-electron chi connectivity index (χ2n) is 3.50. The van der Waals surface area contributed by atoms with Crippen molar-refractivity contribution >= 4 is 16.0 Å². The molecule has 0 unspecified atom stereocenters. The predicted octanol–water partition coefficient (Wildman–Crippen LogP) is -0.266. The van der Waals surface area contributed by atoms with Gasteiger partial charge in [-0.25, -0.2) is 12.7 Å². The summed E-state index contributed by atoms with van der Waals surface area (Å²) < 4.78 is 29.1. The minimum Gasteiger partial charge on any atom is -0.469 e. The van der Waals surface area contributed by atoms with Crippen molar-refractivity contribution in [2.45, 2.75) is 13.0 Å². The van der Waals surface area contributed by atoms with Gasteiger partial charge in [0.05, 0.1) is 25.5 Å². The summed E-state index contributed by atoms with van der Waals surface area (Å²) in [5, 5.41) is 6.32. The second-order valence-corrected chi connectivity index (χ2v) is 5.70. The molecule has 0 fully saturated rings. The fourth-order valence-electron chi connectivity index (χ4n) is 1.19. The van der Waals surface area contributed by atoms with Crippen molar-refractivity contribution in [2.24, 2.45) is 0 Å². The first-order chi connectivity index (χ1) is 7.95. The highest BCUT2D eigenvalue weighted by Gasteiger charge is 2.19. The maximum atomic E-state index is 11.8. The smallest absolute Gasteiger partial charge is 0.306 e. The van der Waals surface area contributed by atoms with Crippen LogP contribution >= 0.6 is 0 Å². The molecule has 1 aromatic heterocycles. The van der Waals surface area contributed by atoms with E-state index in [-0.39, 0.29) is 18.7 Å². The molecular formula is C9H15N3O4S. The lowest BCUT2D eigenvalue weighted by molar-refractivity contribution is -0.140. The Balaban J connectivity index is 2.54. The number of aromatic amines is 1. The van der Waals surface area contributed by atoms with Gasteiger partial charge in [-0.1, -0.05) is 0 Å². The topological polar surface area (TPSA) is 92.4 Å². The van der Waals surface area contributed by atoms with Gasteiger partial charge in [0.15, 0.2) is 0 Å². The Bertz CT molecular complexity index is 455. The number of rotatable bonds is 6. The summed E-state index contributed by atoms with van der Waals surface area (Å²) in [5.41, 5.74) is 0.758. The predicted molar refractivity (Wildman–Crippen MR) is 60.5 cm³/mol. The fourth-order valence-corrected chi connectivity index (χ4v) is 2.27. The van der Waals surface area contributed by atoms with E-state index in [0.29, 0.717) is 0 Å². The van der Waals surface area contributed by atoms with Crippen molar-refractivity contribution in [1.29, 1.82) is 0 Å². The van der Waals surface area contributed by atoms with Crippen LogP contribution in [0.25, 0.3) is 0 Å². The molecule has 17 heavy (non-hydrogen) atoms. The highest BCUT2D eigenvalue weighted by atomic mass is 32.2. The first-order valence-corrected chi connectivity index (χ1v) is 6.55. The molecule has 1 N–H and O–H groups in total. The van der Waals surface area contributed by atoms with Gasteiger partial charge in [-0.2, -0.15) is 5.10 Å². The summed E-state index contributed by atoms with van der Waals surface area (Å²) in [6, 6.07) is 0. The van der Waals surface area contributed by atoms with Crippen LogP contribution in [0, 0.1) is 0 Å². The number of hydrogen-bond donors (Lipinski definition) is 1. The Kier molecular flexibility index (Phi) is 4.64. The van der Waals surface area contributed by atoms with E-state index in [1.807, 2.05) is 0 Å². The summed E-state index contributed by atoms with van der Waals surface area (Å²) in [6.45, 7) is 0.222. The molecule has 0 spiro atoms. The van der Waals surface area contributed by atoms with Crippen molar-refractivity contribution in [3.8, 4) is 0 Å². The maximum absolute atomic E-state index is 11.8. The van der Waals surface area contributed by atoms with E-state index < -0.39 is 16.0 Å². The van der Waals surface area contributed by atoms with E-state index in [1.165, 1.54) is 18.5 Å². The monoisotopic (exact) mass is 261 g/mol. The van der Waals surface area contributed by atoms with Gasteiger partial charge in [-0.05, 0) is 0 Å². The molecule has 0 aromatic carbocycles. The van der Waals surface area contributed by atoms with Gasteiger partial charge in [0, 0.05) is 25.4 Å². The van der Waals surface area contributed by atoms with Gasteiger partial charge in [0.25, 0.3) is 0 Å². The van der Waals surface area contributed by atoms with E-state index in [2.05, 4.69) is 14.9 Å². The zero-order valence-electron chi connectivity index (χ0n) is 9.71. The molecule has 0 aliphatic rings. The van der Waals surface area contributed by atoms with Crippen LogP contribution in [0.2, 0.25) is 0 Å². The van der Waals surface area contributed by atoms with Gasteiger partial charge >= 0.3 is 5.97 Å². The fraction of sp³-hybridized carbons (Fsp3) is 0.556. The molecule has 1 heterocycles. The lowest BCUT2D eigenvalue weighted by Crippen LogP contribution is -2.29. The van der Waals surface area contributed by atoms with Crippen molar-refractivity contribution in [3.05, 3.63) is 18.0 Å². The highest BCUT2D eigenvalue weighted by molar-refractivity contribution is 7.89. The standard InChI is InChI=1S/C9H15N3O4S/c1-12(7-8-5-10-11-6-8)17(14,15)4-3-9(13)16-2/h5-6H,3-4,7H2,1-2H3,(H,10,11). The number of esters is 1. The normalized spacial score (nSPS) is 11.7. The van der Waals surface area contributed by atoms with Crippen molar-refractivity contribution in [1.82, 2.24) is 14.5 Å². The van der Waals surface area contributed by atoms with E-state index in [9.17, 15) is 13.2 Å². The van der Waals surface area contributed by atoms with E-state index in [1.54, 1.807) is 12.4 Å². The number of methoxy groups -OCH3 is 1. The lowest BCUT2D eigenvalue weighted by Gasteiger charge is -2.15. The summed E-state index contributed by atoms with van der Waals surface area (Å²) in [7, 11) is -0.766. The highest BCUT2D eigenvalue weighted by Crippen LogP contribution is 2.07. The van der Waals surface area contributed by atoms with Crippen LogP contribution in [0.5, 0.6) is 0 Å². The Morgan fingerprint density at radius 1 is 1.59 bits per heavy atom. The largest absolute Gasteiger partial charge is 0.469 e. The molecule has 0 amide bonds. The van der Waals surface area contributed by atoms with Crippen molar-refractivity contribution < 1.29 is 17.9 Å².